The lowest BCUT2D eigenvalue weighted by Crippen LogP contribution is -2.17. The van der Waals surface area contributed by atoms with Gasteiger partial charge in [-0.1, -0.05) is 29.8 Å². The lowest BCUT2D eigenvalue weighted by atomic mass is 10.1. The molecule has 15 heavy (non-hydrogen) atoms. The van der Waals surface area contributed by atoms with E-state index in [9.17, 15) is 4.79 Å². The third-order valence-electron chi connectivity index (χ3n) is 2.49. The number of nitrogens with zero attached hydrogens (tertiary/aromatic N) is 1. The summed E-state index contributed by atoms with van der Waals surface area (Å²) in [6.07, 6.45) is 0. The molecule has 0 aliphatic heterocycles. The molecule has 1 amide bonds. The summed E-state index contributed by atoms with van der Waals surface area (Å²) in [5.41, 5.74) is 1.50. The molecule has 78 valence electrons. The minimum atomic E-state index is -0.156. The number of aryl methyl sites for hydroxylation is 1. The third-order valence-corrected chi connectivity index (χ3v) is 2.93. The molecule has 1 aromatic heterocycles. The summed E-state index contributed by atoms with van der Waals surface area (Å²) in [5, 5.41) is 3.94. The van der Waals surface area contributed by atoms with Gasteiger partial charge in [0, 0.05) is 25.0 Å². The Bertz CT molecular complexity index is 531. The second kappa shape index (κ2) is 3.59. The molecule has 0 aliphatic rings. The first-order valence-corrected chi connectivity index (χ1v) is 4.99. The van der Waals surface area contributed by atoms with Crippen molar-refractivity contribution in [3.05, 3.63) is 35.0 Å². The fourth-order valence-corrected chi connectivity index (χ4v) is 1.98. The van der Waals surface area contributed by atoms with E-state index < -0.39 is 0 Å². The standard InChI is InChI=1S/C11H11ClN2O/c1-13-11(15)9-7-5-3-4-6-8(7)14(2)10(9)12/h3-6H,1-2H3,(H,13,15). The number of para-hydroxylation sites is 1. The van der Waals surface area contributed by atoms with Gasteiger partial charge in [0.1, 0.15) is 5.15 Å². The first kappa shape index (κ1) is 10.1. The monoisotopic (exact) mass is 222 g/mol. The van der Waals surface area contributed by atoms with Crippen molar-refractivity contribution in [1.29, 1.82) is 0 Å². The number of carbonyl (C=O) groups is 1. The van der Waals surface area contributed by atoms with Gasteiger partial charge in [0.05, 0.1) is 5.56 Å². The van der Waals surface area contributed by atoms with Crippen molar-refractivity contribution < 1.29 is 4.79 Å². The summed E-state index contributed by atoms with van der Waals surface area (Å²) in [6.45, 7) is 0. The lowest BCUT2D eigenvalue weighted by Gasteiger charge is -1.98. The van der Waals surface area contributed by atoms with E-state index >= 15 is 0 Å². The number of hydrogen-bond donors (Lipinski definition) is 1. The predicted molar refractivity (Wildman–Crippen MR) is 61.3 cm³/mol. The number of fused-ring (bicyclic) bond motifs is 1. The molecule has 0 spiro atoms. The van der Waals surface area contributed by atoms with Gasteiger partial charge < -0.3 is 9.88 Å². The fraction of sp³-hybridized carbons (Fsp3) is 0.182. The average molecular weight is 223 g/mol. The van der Waals surface area contributed by atoms with Gasteiger partial charge >= 0.3 is 0 Å². The molecule has 2 aromatic rings. The van der Waals surface area contributed by atoms with Crippen molar-refractivity contribution in [2.75, 3.05) is 7.05 Å². The Morgan fingerprint density at radius 1 is 1.40 bits per heavy atom. The van der Waals surface area contributed by atoms with Crippen LogP contribution in [-0.4, -0.2) is 17.5 Å². The minimum Gasteiger partial charge on any atom is -0.355 e. The molecular weight excluding hydrogens is 212 g/mol. The number of hydrogen-bond acceptors (Lipinski definition) is 1. The van der Waals surface area contributed by atoms with E-state index in [0.717, 1.165) is 10.9 Å². The van der Waals surface area contributed by atoms with Crippen LogP contribution in [-0.2, 0) is 7.05 Å². The Balaban J connectivity index is 2.83. The Morgan fingerprint density at radius 2 is 2.07 bits per heavy atom. The van der Waals surface area contributed by atoms with Crippen molar-refractivity contribution in [3.8, 4) is 0 Å². The quantitative estimate of drug-likeness (QED) is 0.789. The van der Waals surface area contributed by atoms with E-state index in [4.69, 9.17) is 11.6 Å². The van der Waals surface area contributed by atoms with E-state index in [1.54, 1.807) is 7.05 Å². The number of halogens is 1. The Morgan fingerprint density at radius 3 is 2.73 bits per heavy atom. The molecule has 1 N–H and O–H groups in total. The largest absolute Gasteiger partial charge is 0.355 e. The zero-order valence-corrected chi connectivity index (χ0v) is 9.30. The Labute approximate surface area is 92.6 Å². The highest BCUT2D eigenvalue weighted by atomic mass is 35.5. The summed E-state index contributed by atoms with van der Waals surface area (Å²) >= 11 is 6.11. The second-order valence-electron chi connectivity index (χ2n) is 3.32. The normalized spacial score (nSPS) is 10.6. The van der Waals surface area contributed by atoms with Crippen LogP contribution in [0.15, 0.2) is 24.3 Å². The fourth-order valence-electron chi connectivity index (χ4n) is 1.70. The molecule has 0 saturated carbocycles. The minimum absolute atomic E-state index is 0.156. The van der Waals surface area contributed by atoms with Crippen molar-refractivity contribution in [2.45, 2.75) is 0 Å². The molecule has 3 nitrogen and oxygen atoms in total. The van der Waals surface area contributed by atoms with E-state index in [1.165, 1.54) is 0 Å². The summed E-state index contributed by atoms with van der Waals surface area (Å²) in [4.78, 5) is 11.7. The molecule has 0 radical (unpaired) electrons. The predicted octanol–water partition coefficient (Wildman–Crippen LogP) is 2.19. The van der Waals surface area contributed by atoms with Gasteiger partial charge in [0.2, 0.25) is 0 Å². The zero-order chi connectivity index (χ0) is 11.0. The summed E-state index contributed by atoms with van der Waals surface area (Å²) in [6, 6.07) is 7.65. The van der Waals surface area contributed by atoms with Crippen LogP contribution >= 0.6 is 11.6 Å². The highest BCUT2D eigenvalue weighted by Crippen LogP contribution is 2.28. The number of amides is 1. The maximum absolute atomic E-state index is 11.7. The molecule has 0 aliphatic carbocycles. The molecule has 0 fully saturated rings. The topological polar surface area (TPSA) is 34.0 Å². The number of nitrogens with one attached hydrogen (secondary N) is 1. The van der Waals surface area contributed by atoms with Crippen molar-refractivity contribution in [1.82, 2.24) is 9.88 Å². The summed E-state index contributed by atoms with van der Waals surface area (Å²) < 4.78 is 1.81. The van der Waals surface area contributed by atoms with E-state index in [1.807, 2.05) is 35.9 Å². The molecular formula is C11H11ClN2O. The number of carbonyl (C=O) groups excluding carboxylic acids is 1. The second-order valence-corrected chi connectivity index (χ2v) is 3.68. The van der Waals surface area contributed by atoms with Crippen LogP contribution in [0.2, 0.25) is 5.15 Å². The van der Waals surface area contributed by atoms with Gasteiger partial charge in [0.15, 0.2) is 0 Å². The van der Waals surface area contributed by atoms with Crippen molar-refractivity contribution in [3.63, 3.8) is 0 Å². The number of benzene rings is 1. The first-order valence-electron chi connectivity index (χ1n) is 4.61. The molecule has 0 bridgehead atoms. The van der Waals surface area contributed by atoms with Gasteiger partial charge in [0.25, 0.3) is 5.91 Å². The molecule has 0 atom stereocenters. The van der Waals surface area contributed by atoms with Gasteiger partial charge in [-0.15, -0.1) is 0 Å². The molecule has 2 rings (SSSR count). The number of rotatable bonds is 1. The van der Waals surface area contributed by atoms with E-state index in [0.29, 0.717) is 10.7 Å². The number of aromatic nitrogens is 1. The highest BCUT2D eigenvalue weighted by molar-refractivity contribution is 6.35. The summed E-state index contributed by atoms with van der Waals surface area (Å²) in [5.74, 6) is -0.156. The first-order chi connectivity index (χ1) is 7.16. The zero-order valence-electron chi connectivity index (χ0n) is 8.54. The van der Waals surface area contributed by atoms with Crippen molar-refractivity contribution >= 4 is 28.4 Å². The van der Waals surface area contributed by atoms with Crippen LogP contribution < -0.4 is 5.32 Å². The molecule has 1 aromatic carbocycles. The maximum Gasteiger partial charge on any atom is 0.254 e. The van der Waals surface area contributed by atoms with Gasteiger partial charge in [-0.3, -0.25) is 4.79 Å². The van der Waals surface area contributed by atoms with Crippen LogP contribution in [0.5, 0.6) is 0 Å². The van der Waals surface area contributed by atoms with Crippen LogP contribution in [0.25, 0.3) is 10.9 Å². The van der Waals surface area contributed by atoms with E-state index in [2.05, 4.69) is 5.32 Å². The van der Waals surface area contributed by atoms with Crippen LogP contribution in [0.3, 0.4) is 0 Å². The molecule has 4 heteroatoms. The van der Waals surface area contributed by atoms with E-state index in [-0.39, 0.29) is 5.91 Å². The van der Waals surface area contributed by atoms with Gasteiger partial charge in [-0.2, -0.15) is 0 Å². The average Bonchev–Trinajstić information content (AvgIpc) is 2.52. The maximum atomic E-state index is 11.7. The van der Waals surface area contributed by atoms with Crippen LogP contribution in [0.4, 0.5) is 0 Å². The van der Waals surface area contributed by atoms with Crippen LogP contribution in [0, 0.1) is 0 Å². The lowest BCUT2D eigenvalue weighted by molar-refractivity contribution is 0.0964. The van der Waals surface area contributed by atoms with Gasteiger partial charge in [-0.05, 0) is 6.07 Å². The molecule has 0 unspecified atom stereocenters. The molecule has 0 saturated heterocycles. The summed E-state index contributed by atoms with van der Waals surface area (Å²) in [7, 11) is 3.44. The molecule has 1 heterocycles. The third kappa shape index (κ3) is 1.39. The Hall–Kier alpha value is -1.48. The smallest absolute Gasteiger partial charge is 0.254 e. The SMILES string of the molecule is CNC(=O)c1c(Cl)n(C)c2ccccc12. The van der Waals surface area contributed by atoms with Gasteiger partial charge in [-0.25, -0.2) is 0 Å². The Kier molecular flexibility index (Phi) is 2.40. The van der Waals surface area contributed by atoms with Crippen molar-refractivity contribution in [2.24, 2.45) is 7.05 Å². The van der Waals surface area contributed by atoms with Crippen LogP contribution in [0.1, 0.15) is 10.4 Å². The highest BCUT2D eigenvalue weighted by Gasteiger charge is 2.18.